The second-order valence-corrected chi connectivity index (χ2v) is 4.29. The number of nitrogens with zero attached hydrogens (tertiary/aromatic N) is 1. The number of piperazine rings is 1. The van der Waals surface area contributed by atoms with E-state index in [1.165, 1.54) is 0 Å². The molecule has 2 unspecified atom stereocenters. The van der Waals surface area contributed by atoms with Crippen molar-refractivity contribution in [3.05, 3.63) is 0 Å². The highest BCUT2D eigenvalue weighted by atomic mass is 16.5. The molecule has 2 rings (SSSR count). The highest BCUT2D eigenvalue weighted by Crippen LogP contribution is 2.14. The minimum Gasteiger partial charge on any atom is -0.480 e. The van der Waals surface area contributed by atoms with Gasteiger partial charge < -0.3 is 15.2 Å². The van der Waals surface area contributed by atoms with Gasteiger partial charge in [0.1, 0.15) is 6.04 Å². The standard InChI is InChI=1S/C10H16N2O4/c13-9-6-12(4-7-2-1-3-16-7)5-8(11-9)10(14)15/h7-8H,1-6H2,(H,11,13)(H,14,15). The van der Waals surface area contributed by atoms with Crippen LogP contribution in [0.25, 0.3) is 0 Å². The van der Waals surface area contributed by atoms with Crippen molar-refractivity contribution in [1.29, 1.82) is 0 Å². The average Bonchev–Trinajstić information content (AvgIpc) is 2.69. The number of ether oxygens (including phenoxy) is 1. The molecular formula is C10H16N2O4. The average molecular weight is 228 g/mol. The van der Waals surface area contributed by atoms with Crippen molar-refractivity contribution in [3.8, 4) is 0 Å². The van der Waals surface area contributed by atoms with E-state index in [1.807, 2.05) is 4.90 Å². The lowest BCUT2D eigenvalue weighted by molar-refractivity contribution is -0.145. The van der Waals surface area contributed by atoms with Crippen molar-refractivity contribution >= 4 is 11.9 Å². The van der Waals surface area contributed by atoms with Gasteiger partial charge in [0.25, 0.3) is 0 Å². The number of carboxylic acid groups (broad SMARTS) is 1. The summed E-state index contributed by atoms with van der Waals surface area (Å²) in [6.45, 7) is 2.05. The molecule has 16 heavy (non-hydrogen) atoms. The first kappa shape index (κ1) is 11.3. The summed E-state index contributed by atoms with van der Waals surface area (Å²) < 4.78 is 5.47. The Morgan fingerprint density at radius 1 is 1.62 bits per heavy atom. The van der Waals surface area contributed by atoms with E-state index in [1.54, 1.807) is 0 Å². The van der Waals surface area contributed by atoms with E-state index in [2.05, 4.69) is 5.32 Å². The van der Waals surface area contributed by atoms with Crippen LogP contribution in [0.1, 0.15) is 12.8 Å². The van der Waals surface area contributed by atoms with E-state index < -0.39 is 12.0 Å². The van der Waals surface area contributed by atoms with Crippen LogP contribution in [0.3, 0.4) is 0 Å². The number of amides is 1. The quantitative estimate of drug-likeness (QED) is 0.651. The summed E-state index contributed by atoms with van der Waals surface area (Å²) >= 11 is 0. The third kappa shape index (κ3) is 2.70. The number of hydrogen-bond acceptors (Lipinski definition) is 4. The van der Waals surface area contributed by atoms with E-state index in [0.29, 0.717) is 13.1 Å². The van der Waals surface area contributed by atoms with E-state index in [0.717, 1.165) is 19.4 Å². The Balaban J connectivity index is 1.88. The number of carbonyl (C=O) groups excluding carboxylic acids is 1. The van der Waals surface area contributed by atoms with E-state index in [9.17, 15) is 9.59 Å². The highest BCUT2D eigenvalue weighted by Gasteiger charge is 2.31. The molecule has 1 amide bonds. The zero-order chi connectivity index (χ0) is 11.5. The summed E-state index contributed by atoms with van der Waals surface area (Å²) in [5.41, 5.74) is 0. The van der Waals surface area contributed by atoms with Gasteiger partial charge in [0.2, 0.25) is 5.91 Å². The second kappa shape index (κ2) is 4.80. The fourth-order valence-corrected chi connectivity index (χ4v) is 2.17. The molecule has 0 radical (unpaired) electrons. The smallest absolute Gasteiger partial charge is 0.327 e. The Morgan fingerprint density at radius 2 is 2.44 bits per heavy atom. The monoisotopic (exact) mass is 228 g/mol. The Kier molecular flexibility index (Phi) is 3.40. The van der Waals surface area contributed by atoms with E-state index >= 15 is 0 Å². The van der Waals surface area contributed by atoms with Crippen molar-refractivity contribution in [3.63, 3.8) is 0 Å². The SMILES string of the molecule is O=C1CN(CC2CCCO2)CC(C(=O)O)N1. The summed E-state index contributed by atoms with van der Waals surface area (Å²) in [6.07, 6.45) is 2.20. The minimum absolute atomic E-state index is 0.153. The molecule has 6 heteroatoms. The molecule has 6 nitrogen and oxygen atoms in total. The minimum atomic E-state index is -0.981. The van der Waals surface area contributed by atoms with E-state index in [4.69, 9.17) is 9.84 Å². The molecule has 2 atom stereocenters. The van der Waals surface area contributed by atoms with Crippen molar-refractivity contribution in [1.82, 2.24) is 10.2 Å². The molecule has 90 valence electrons. The van der Waals surface area contributed by atoms with Crippen molar-refractivity contribution in [2.45, 2.75) is 25.0 Å². The van der Waals surface area contributed by atoms with Gasteiger partial charge in [0.15, 0.2) is 0 Å². The molecule has 2 aliphatic rings. The molecule has 2 aliphatic heterocycles. The van der Waals surface area contributed by atoms with Crippen molar-refractivity contribution < 1.29 is 19.4 Å². The molecule has 0 aromatic heterocycles. The second-order valence-electron chi connectivity index (χ2n) is 4.29. The predicted octanol–water partition coefficient (Wildman–Crippen LogP) is -0.950. The Morgan fingerprint density at radius 3 is 3.06 bits per heavy atom. The van der Waals surface area contributed by atoms with Crippen LogP contribution >= 0.6 is 0 Å². The van der Waals surface area contributed by atoms with Gasteiger partial charge >= 0.3 is 5.97 Å². The molecule has 0 saturated carbocycles. The largest absolute Gasteiger partial charge is 0.480 e. The highest BCUT2D eigenvalue weighted by molar-refractivity contribution is 5.86. The summed E-state index contributed by atoms with van der Waals surface area (Å²) in [4.78, 5) is 24.0. The Bertz CT molecular complexity index is 289. The first-order valence-corrected chi connectivity index (χ1v) is 5.51. The van der Waals surface area contributed by atoms with Gasteiger partial charge in [-0.25, -0.2) is 4.79 Å². The first-order valence-electron chi connectivity index (χ1n) is 5.51. The van der Waals surface area contributed by atoms with Gasteiger partial charge in [0.05, 0.1) is 12.6 Å². The molecular weight excluding hydrogens is 212 g/mol. The molecule has 2 heterocycles. The Hall–Kier alpha value is -1.14. The van der Waals surface area contributed by atoms with Crippen LogP contribution in [-0.2, 0) is 14.3 Å². The van der Waals surface area contributed by atoms with E-state index in [-0.39, 0.29) is 18.6 Å². The van der Waals surface area contributed by atoms with Gasteiger partial charge in [-0.3, -0.25) is 9.69 Å². The number of aliphatic carboxylic acids is 1. The fraction of sp³-hybridized carbons (Fsp3) is 0.800. The van der Waals surface area contributed by atoms with Crippen LogP contribution in [-0.4, -0.2) is 60.3 Å². The third-order valence-corrected chi connectivity index (χ3v) is 2.93. The van der Waals surface area contributed by atoms with Crippen molar-refractivity contribution in [2.75, 3.05) is 26.2 Å². The maximum atomic E-state index is 11.3. The molecule has 2 saturated heterocycles. The number of nitrogens with one attached hydrogen (secondary N) is 1. The molecule has 2 N–H and O–H groups in total. The number of hydrogen-bond donors (Lipinski definition) is 2. The molecule has 0 aromatic rings. The summed E-state index contributed by atoms with van der Waals surface area (Å²) in [5.74, 6) is -1.21. The van der Waals surface area contributed by atoms with Gasteiger partial charge in [-0.15, -0.1) is 0 Å². The normalized spacial score (nSPS) is 31.4. The molecule has 0 aromatic carbocycles. The van der Waals surface area contributed by atoms with Crippen LogP contribution in [0.4, 0.5) is 0 Å². The van der Waals surface area contributed by atoms with Crippen LogP contribution in [0.5, 0.6) is 0 Å². The molecule has 0 spiro atoms. The van der Waals surface area contributed by atoms with Gasteiger partial charge in [-0.1, -0.05) is 0 Å². The lowest BCUT2D eigenvalue weighted by atomic mass is 10.1. The number of carboxylic acids is 1. The van der Waals surface area contributed by atoms with Crippen LogP contribution in [0.2, 0.25) is 0 Å². The number of carbonyl (C=O) groups is 2. The van der Waals surface area contributed by atoms with Crippen molar-refractivity contribution in [2.24, 2.45) is 0 Å². The Labute approximate surface area is 93.6 Å². The fourth-order valence-electron chi connectivity index (χ4n) is 2.17. The predicted molar refractivity (Wildman–Crippen MR) is 55.0 cm³/mol. The van der Waals surface area contributed by atoms with Crippen LogP contribution in [0.15, 0.2) is 0 Å². The van der Waals surface area contributed by atoms with Gasteiger partial charge in [-0.05, 0) is 12.8 Å². The summed E-state index contributed by atoms with van der Waals surface area (Å²) in [7, 11) is 0. The lowest BCUT2D eigenvalue weighted by Gasteiger charge is -2.32. The maximum Gasteiger partial charge on any atom is 0.327 e. The lowest BCUT2D eigenvalue weighted by Crippen LogP contribution is -2.58. The first-order chi connectivity index (χ1) is 7.65. The zero-order valence-corrected chi connectivity index (χ0v) is 9.02. The summed E-state index contributed by atoms with van der Waals surface area (Å²) in [5, 5.41) is 11.3. The maximum absolute atomic E-state index is 11.3. The van der Waals surface area contributed by atoms with Crippen LogP contribution < -0.4 is 5.32 Å². The topological polar surface area (TPSA) is 78.9 Å². The molecule has 0 bridgehead atoms. The zero-order valence-electron chi connectivity index (χ0n) is 9.02. The third-order valence-electron chi connectivity index (χ3n) is 2.93. The van der Waals surface area contributed by atoms with Gasteiger partial charge in [-0.2, -0.15) is 0 Å². The molecule has 0 aliphatic carbocycles. The molecule has 2 fully saturated rings. The van der Waals surface area contributed by atoms with Crippen LogP contribution in [0, 0.1) is 0 Å². The summed E-state index contributed by atoms with van der Waals surface area (Å²) in [6, 6.07) is -0.789. The number of rotatable bonds is 3. The van der Waals surface area contributed by atoms with Gasteiger partial charge in [0, 0.05) is 19.7 Å².